The van der Waals surface area contributed by atoms with Gasteiger partial charge in [0.1, 0.15) is 11.5 Å². The number of hydrogen-bond donors (Lipinski definition) is 1. The molecule has 1 N–H and O–H groups in total. The van der Waals surface area contributed by atoms with Crippen LogP contribution in [0.25, 0.3) is 0 Å². The highest BCUT2D eigenvalue weighted by atomic mass is 16.5. The number of para-hydroxylation sites is 1. The van der Waals surface area contributed by atoms with Crippen molar-refractivity contribution in [3.8, 4) is 11.5 Å². The Morgan fingerprint density at radius 1 is 0.958 bits per heavy atom. The van der Waals surface area contributed by atoms with Crippen molar-refractivity contribution >= 4 is 11.6 Å². The molecule has 128 valence electrons. The molecule has 0 saturated carbocycles. The molecule has 0 aliphatic heterocycles. The molecule has 0 radical (unpaired) electrons. The molecule has 1 unspecified atom stereocenters. The van der Waals surface area contributed by atoms with E-state index in [1.54, 1.807) is 6.92 Å². The minimum Gasteiger partial charge on any atom is -0.494 e. The van der Waals surface area contributed by atoms with Gasteiger partial charge in [0, 0.05) is 5.69 Å². The third kappa shape index (κ3) is 5.95. The van der Waals surface area contributed by atoms with Crippen molar-refractivity contribution in [2.45, 2.75) is 33.3 Å². The number of carbonyl (C=O) groups is 1. The minimum atomic E-state index is -0.575. The molecule has 0 heterocycles. The molecule has 0 aliphatic rings. The molecular weight excluding hydrogens is 302 g/mol. The van der Waals surface area contributed by atoms with Gasteiger partial charge in [-0.3, -0.25) is 4.79 Å². The number of carbonyl (C=O) groups excluding carboxylic acids is 1. The first-order chi connectivity index (χ1) is 11.5. The van der Waals surface area contributed by atoms with Gasteiger partial charge >= 0.3 is 0 Å². The Morgan fingerprint density at radius 2 is 1.62 bits per heavy atom. The number of rotatable bonds is 8. The Kier molecular flexibility index (Phi) is 6.67. The molecule has 2 aromatic rings. The maximum absolute atomic E-state index is 12.2. The summed E-state index contributed by atoms with van der Waals surface area (Å²) in [5.41, 5.74) is 0.722. The van der Waals surface area contributed by atoms with Crippen molar-refractivity contribution in [1.29, 1.82) is 0 Å². The van der Waals surface area contributed by atoms with Gasteiger partial charge in [0.05, 0.1) is 6.61 Å². The second kappa shape index (κ2) is 8.96. The first-order valence-corrected chi connectivity index (χ1v) is 8.30. The zero-order chi connectivity index (χ0) is 17.4. The molecule has 0 spiro atoms. The Balaban J connectivity index is 1.83. The zero-order valence-corrected chi connectivity index (χ0v) is 14.5. The van der Waals surface area contributed by atoms with Crippen LogP contribution in [-0.2, 0) is 4.79 Å². The summed E-state index contributed by atoms with van der Waals surface area (Å²) in [4.78, 5) is 12.2. The molecule has 1 amide bonds. The van der Waals surface area contributed by atoms with Crippen LogP contribution >= 0.6 is 0 Å². The van der Waals surface area contributed by atoms with E-state index in [0.717, 1.165) is 17.9 Å². The topological polar surface area (TPSA) is 47.6 Å². The fourth-order valence-corrected chi connectivity index (χ4v) is 2.05. The van der Waals surface area contributed by atoms with Gasteiger partial charge in [-0.2, -0.15) is 0 Å². The number of amides is 1. The molecule has 0 bridgehead atoms. The lowest BCUT2D eigenvalue weighted by molar-refractivity contribution is -0.122. The van der Waals surface area contributed by atoms with Crippen LogP contribution in [0.3, 0.4) is 0 Å². The quantitative estimate of drug-likeness (QED) is 0.775. The van der Waals surface area contributed by atoms with E-state index >= 15 is 0 Å². The maximum Gasteiger partial charge on any atom is 0.265 e. The smallest absolute Gasteiger partial charge is 0.265 e. The van der Waals surface area contributed by atoms with Gasteiger partial charge in [-0.25, -0.2) is 0 Å². The van der Waals surface area contributed by atoms with Crippen molar-refractivity contribution < 1.29 is 14.3 Å². The normalized spacial score (nSPS) is 11.8. The summed E-state index contributed by atoms with van der Waals surface area (Å²) in [6.07, 6.45) is 0.446. The number of benzene rings is 2. The van der Waals surface area contributed by atoms with Crippen LogP contribution in [0.2, 0.25) is 0 Å². The van der Waals surface area contributed by atoms with Crippen molar-refractivity contribution in [3.63, 3.8) is 0 Å². The van der Waals surface area contributed by atoms with Crippen LogP contribution < -0.4 is 14.8 Å². The lowest BCUT2D eigenvalue weighted by Gasteiger charge is -2.15. The van der Waals surface area contributed by atoms with Gasteiger partial charge in [0.15, 0.2) is 6.10 Å². The first kappa shape index (κ1) is 17.9. The van der Waals surface area contributed by atoms with Gasteiger partial charge < -0.3 is 14.8 Å². The zero-order valence-electron chi connectivity index (χ0n) is 14.5. The van der Waals surface area contributed by atoms with Gasteiger partial charge in [-0.05, 0) is 55.7 Å². The van der Waals surface area contributed by atoms with Crippen LogP contribution in [0.5, 0.6) is 11.5 Å². The van der Waals surface area contributed by atoms with Gasteiger partial charge in [-0.1, -0.05) is 32.0 Å². The van der Waals surface area contributed by atoms with E-state index in [9.17, 15) is 4.79 Å². The number of ether oxygens (including phenoxy) is 2. The van der Waals surface area contributed by atoms with Gasteiger partial charge in [-0.15, -0.1) is 0 Å². The van der Waals surface area contributed by atoms with Crippen molar-refractivity contribution in [2.75, 3.05) is 11.9 Å². The van der Waals surface area contributed by atoms with E-state index in [4.69, 9.17) is 9.47 Å². The number of nitrogens with one attached hydrogen (secondary N) is 1. The van der Waals surface area contributed by atoms with E-state index in [1.807, 2.05) is 54.6 Å². The Hall–Kier alpha value is -2.49. The Labute approximate surface area is 143 Å². The molecule has 2 aromatic carbocycles. The highest BCUT2D eigenvalue weighted by Gasteiger charge is 2.14. The molecule has 1 atom stereocenters. The summed E-state index contributed by atoms with van der Waals surface area (Å²) in [5.74, 6) is 1.92. The number of hydrogen-bond acceptors (Lipinski definition) is 3. The largest absolute Gasteiger partial charge is 0.494 e. The second-order valence-corrected chi connectivity index (χ2v) is 6.12. The fraction of sp³-hybridized carbons (Fsp3) is 0.350. The lowest BCUT2D eigenvalue weighted by atomic mass is 10.1. The molecule has 0 aromatic heterocycles. The maximum atomic E-state index is 12.2. The molecule has 4 heteroatoms. The van der Waals surface area contributed by atoms with Crippen LogP contribution in [0.1, 0.15) is 27.2 Å². The van der Waals surface area contributed by atoms with Crippen LogP contribution in [0, 0.1) is 5.92 Å². The highest BCUT2D eigenvalue weighted by Crippen LogP contribution is 2.17. The molecule has 2 rings (SSSR count). The lowest BCUT2D eigenvalue weighted by Crippen LogP contribution is -2.30. The predicted octanol–water partition coefficient (Wildman–Crippen LogP) is 4.52. The van der Waals surface area contributed by atoms with E-state index < -0.39 is 6.10 Å². The van der Waals surface area contributed by atoms with Crippen molar-refractivity contribution in [3.05, 3.63) is 54.6 Å². The SMILES string of the molecule is CC(C)CCOc1ccc(NC(=O)C(C)Oc2ccccc2)cc1. The van der Waals surface area contributed by atoms with Crippen molar-refractivity contribution in [1.82, 2.24) is 0 Å². The summed E-state index contributed by atoms with van der Waals surface area (Å²) >= 11 is 0. The van der Waals surface area contributed by atoms with Crippen molar-refractivity contribution in [2.24, 2.45) is 5.92 Å². The molecule has 4 nitrogen and oxygen atoms in total. The van der Waals surface area contributed by atoms with Crippen LogP contribution in [0.4, 0.5) is 5.69 Å². The minimum absolute atomic E-state index is 0.188. The molecule has 0 aliphatic carbocycles. The molecule has 0 fully saturated rings. The first-order valence-electron chi connectivity index (χ1n) is 8.30. The monoisotopic (exact) mass is 327 g/mol. The van der Waals surface area contributed by atoms with E-state index in [-0.39, 0.29) is 5.91 Å². The average Bonchev–Trinajstić information content (AvgIpc) is 2.57. The summed E-state index contributed by atoms with van der Waals surface area (Å²) in [6.45, 7) is 6.76. The Morgan fingerprint density at radius 3 is 2.25 bits per heavy atom. The summed E-state index contributed by atoms with van der Waals surface area (Å²) in [7, 11) is 0. The van der Waals surface area contributed by atoms with Crippen LogP contribution in [-0.4, -0.2) is 18.6 Å². The van der Waals surface area contributed by atoms with Crippen LogP contribution in [0.15, 0.2) is 54.6 Å². The average molecular weight is 327 g/mol. The fourth-order valence-electron chi connectivity index (χ4n) is 2.05. The predicted molar refractivity (Wildman–Crippen MR) is 96.6 cm³/mol. The van der Waals surface area contributed by atoms with Gasteiger partial charge in [0.25, 0.3) is 5.91 Å². The summed E-state index contributed by atoms with van der Waals surface area (Å²) in [6, 6.07) is 16.7. The van der Waals surface area contributed by atoms with E-state index in [0.29, 0.717) is 18.3 Å². The molecular formula is C20H25NO3. The highest BCUT2D eigenvalue weighted by molar-refractivity contribution is 5.94. The number of anilines is 1. The second-order valence-electron chi connectivity index (χ2n) is 6.12. The molecule has 24 heavy (non-hydrogen) atoms. The third-order valence-corrected chi connectivity index (χ3v) is 3.51. The standard InChI is InChI=1S/C20H25NO3/c1-15(2)13-14-23-18-11-9-17(10-12-18)21-20(22)16(3)24-19-7-5-4-6-8-19/h4-12,15-16H,13-14H2,1-3H3,(H,21,22). The van der Waals surface area contributed by atoms with Gasteiger partial charge in [0.2, 0.25) is 0 Å². The van der Waals surface area contributed by atoms with E-state index in [1.165, 1.54) is 0 Å². The Bertz CT molecular complexity index is 623. The summed E-state index contributed by atoms with van der Waals surface area (Å²) in [5, 5.41) is 2.84. The third-order valence-electron chi connectivity index (χ3n) is 3.51. The summed E-state index contributed by atoms with van der Waals surface area (Å²) < 4.78 is 11.3. The van der Waals surface area contributed by atoms with E-state index in [2.05, 4.69) is 19.2 Å². The molecule has 0 saturated heterocycles.